The molecular weight excluding hydrogens is 260 g/mol. The van der Waals surface area contributed by atoms with E-state index in [2.05, 4.69) is 13.8 Å². The van der Waals surface area contributed by atoms with Crippen molar-refractivity contribution < 1.29 is 9.53 Å². The van der Waals surface area contributed by atoms with Gasteiger partial charge in [0.15, 0.2) is 0 Å². The van der Waals surface area contributed by atoms with Crippen LogP contribution in [-0.4, -0.2) is 12.6 Å². The monoisotopic (exact) mass is 298 g/mol. The molecule has 0 rings (SSSR count). The first kappa shape index (κ1) is 20.5. The Balaban J connectivity index is 3.28. The van der Waals surface area contributed by atoms with Gasteiger partial charge in [-0.15, -0.1) is 0 Å². The Morgan fingerprint density at radius 2 is 1.24 bits per heavy atom. The fourth-order valence-corrected chi connectivity index (χ4v) is 2.55. The van der Waals surface area contributed by atoms with Crippen LogP contribution in [0.5, 0.6) is 0 Å². The van der Waals surface area contributed by atoms with Crippen LogP contribution in [0.4, 0.5) is 0 Å². The molecule has 0 aliphatic carbocycles. The van der Waals surface area contributed by atoms with Gasteiger partial charge >= 0.3 is 5.97 Å². The van der Waals surface area contributed by atoms with E-state index in [0.717, 1.165) is 19.3 Å². The number of esters is 1. The van der Waals surface area contributed by atoms with E-state index in [4.69, 9.17) is 4.74 Å². The highest BCUT2D eigenvalue weighted by Gasteiger charge is 2.13. The molecule has 0 aromatic carbocycles. The van der Waals surface area contributed by atoms with Gasteiger partial charge in [0.2, 0.25) is 0 Å². The molecule has 2 nitrogen and oxygen atoms in total. The van der Waals surface area contributed by atoms with Gasteiger partial charge in [-0.05, 0) is 12.8 Å². The minimum atomic E-state index is 0.00525. The molecule has 0 bridgehead atoms. The van der Waals surface area contributed by atoms with E-state index in [1.54, 1.807) is 0 Å². The Labute approximate surface area is 133 Å². The third kappa shape index (κ3) is 14.2. The fourth-order valence-electron chi connectivity index (χ4n) is 2.55. The summed E-state index contributed by atoms with van der Waals surface area (Å²) in [5.41, 5.74) is 0. The SMILES string of the molecule is CCCCCCCCCCCOC(=O)C(C)CCCCC. The van der Waals surface area contributed by atoms with Crippen LogP contribution < -0.4 is 0 Å². The van der Waals surface area contributed by atoms with Crippen LogP contribution in [0.1, 0.15) is 104 Å². The van der Waals surface area contributed by atoms with Crippen molar-refractivity contribution in [2.45, 2.75) is 104 Å². The molecule has 0 heterocycles. The van der Waals surface area contributed by atoms with Gasteiger partial charge in [-0.25, -0.2) is 0 Å². The lowest BCUT2D eigenvalue weighted by Crippen LogP contribution is -2.15. The second-order valence-corrected chi connectivity index (χ2v) is 6.39. The Kier molecular flexibility index (Phi) is 15.5. The molecule has 1 unspecified atom stereocenters. The molecule has 0 saturated carbocycles. The van der Waals surface area contributed by atoms with Gasteiger partial charge in [-0.1, -0.05) is 91.4 Å². The predicted octanol–water partition coefficient (Wildman–Crippen LogP) is 6.28. The molecule has 2 heteroatoms. The van der Waals surface area contributed by atoms with E-state index in [-0.39, 0.29) is 11.9 Å². The number of ether oxygens (including phenoxy) is 1. The lowest BCUT2D eigenvalue weighted by atomic mass is 10.0. The summed E-state index contributed by atoms with van der Waals surface area (Å²) in [5.74, 6) is 0.0841. The number of hydrogen-bond donors (Lipinski definition) is 0. The minimum Gasteiger partial charge on any atom is -0.465 e. The van der Waals surface area contributed by atoms with Crippen molar-refractivity contribution in [2.75, 3.05) is 6.61 Å². The van der Waals surface area contributed by atoms with Crippen molar-refractivity contribution in [3.8, 4) is 0 Å². The molecular formula is C19H38O2. The van der Waals surface area contributed by atoms with Crippen LogP contribution >= 0.6 is 0 Å². The highest BCUT2D eigenvalue weighted by atomic mass is 16.5. The van der Waals surface area contributed by atoms with Crippen molar-refractivity contribution >= 4 is 5.97 Å². The summed E-state index contributed by atoms with van der Waals surface area (Å²) in [4.78, 5) is 11.8. The Morgan fingerprint density at radius 3 is 1.81 bits per heavy atom. The van der Waals surface area contributed by atoms with Crippen LogP contribution in [-0.2, 0) is 9.53 Å². The quantitative estimate of drug-likeness (QED) is 0.263. The van der Waals surface area contributed by atoms with E-state index in [9.17, 15) is 4.79 Å². The summed E-state index contributed by atoms with van der Waals surface area (Å²) in [7, 11) is 0. The summed E-state index contributed by atoms with van der Waals surface area (Å²) >= 11 is 0. The molecule has 0 aromatic heterocycles. The van der Waals surface area contributed by atoms with E-state index in [1.165, 1.54) is 64.2 Å². The predicted molar refractivity (Wildman–Crippen MR) is 91.5 cm³/mol. The van der Waals surface area contributed by atoms with Crippen LogP contribution in [0.2, 0.25) is 0 Å². The molecule has 0 N–H and O–H groups in total. The van der Waals surface area contributed by atoms with Gasteiger partial charge in [0.25, 0.3) is 0 Å². The third-order valence-electron chi connectivity index (χ3n) is 4.14. The largest absolute Gasteiger partial charge is 0.465 e. The second kappa shape index (κ2) is 15.9. The second-order valence-electron chi connectivity index (χ2n) is 6.39. The molecule has 0 aromatic rings. The lowest BCUT2D eigenvalue weighted by Gasteiger charge is -2.11. The molecule has 126 valence electrons. The number of hydrogen-bond acceptors (Lipinski definition) is 2. The summed E-state index contributed by atoms with van der Waals surface area (Å²) in [6, 6.07) is 0. The van der Waals surface area contributed by atoms with Crippen molar-refractivity contribution in [1.82, 2.24) is 0 Å². The van der Waals surface area contributed by atoms with Gasteiger partial charge in [0, 0.05) is 0 Å². The molecule has 0 aliphatic rings. The topological polar surface area (TPSA) is 26.3 Å². The molecule has 0 aliphatic heterocycles. The van der Waals surface area contributed by atoms with Gasteiger partial charge < -0.3 is 4.74 Å². The normalized spacial score (nSPS) is 12.3. The Hall–Kier alpha value is -0.530. The Morgan fingerprint density at radius 1 is 0.762 bits per heavy atom. The molecule has 21 heavy (non-hydrogen) atoms. The maximum absolute atomic E-state index is 11.8. The zero-order valence-electron chi connectivity index (χ0n) is 14.8. The van der Waals surface area contributed by atoms with Gasteiger partial charge in [-0.3, -0.25) is 4.79 Å². The molecule has 0 fully saturated rings. The van der Waals surface area contributed by atoms with Crippen molar-refractivity contribution in [3.63, 3.8) is 0 Å². The lowest BCUT2D eigenvalue weighted by molar-refractivity contribution is -0.148. The highest BCUT2D eigenvalue weighted by molar-refractivity contribution is 5.71. The van der Waals surface area contributed by atoms with Crippen LogP contribution in [0.3, 0.4) is 0 Å². The standard InChI is InChI=1S/C19H38O2/c1-4-6-8-9-10-11-12-13-15-17-21-19(20)18(3)16-14-7-5-2/h18H,4-17H2,1-3H3. The summed E-state index contributed by atoms with van der Waals surface area (Å²) in [6.07, 6.45) is 16.3. The van der Waals surface area contributed by atoms with Gasteiger partial charge in [-0.2, -0.15) is 0 Å². The minimum absolute atomic E-state index is 0.00525. The summed E-state index contributed by atoms with van der Waals surface area (Å²) in [6.45, 7) is 7.06. The molecule has 0 amide bonds. The average molecular weight is 299 g/mol. The van der Waals surface area contributed by atoms with Crippen molar-refractivity contribution in [1.29, 1.82) is 0 Å². The molecule has 0 spiro atoms. The molecule has 1 atom stereocenters. The number of carbonyl (C=O) groups is 1. The van der Waals surface area contributed by atoms with E-state index in [0.29, 0.717) is 6.61 Å². The van der Waals surface area contributed by atoms with Crippen molar-refractivity contribution in [3.05, 3.63) is 0 Å². The summed E-state index contributed by atoms with van der Waals surface area (Å²) < 4.78 is 5.36. The van der Waals surface area contributed by atoms with Gasteiger partial charge in [0.05, 0.1) is 12.5 Å². The van der Waals surface area contributed by atoms with E-state index in [1.807, 2.05) is 6.92 Å². The maximum atomic E-state index is 11.8. The maximum Gasteiger partial charge on any atom is 0.308 e. The van der Waals surface area contributed by atoms with Crippen LogP contribution in [0.15, 0.2) is 0 Å². The zero-order valence-corrected chi connectivity index (χ0v) is 14.8. The van der Waals surface area contributed by atoms with E-state index >= 15 is 0 Å². The smallest absolute Gasteiger partial charge is 0.308 e. The van der Waals surface area contributed by atoms with Crippen LogP contribution in [0.25, 0.3) is 0 Å². The number of carbonyl (C=O) groups excluding carboxylic acids is 1. The Bertz CT molecular complexity index is 226. The molecule has 0 radical (unpaired) electrons. The highest BCUT2D eigenvalue weighted by Crippen LogP contribution is 2.12. The van der Waals surface area contributed by atoms with Crippen LogP contribution in [0, 0.1) is 5.92 Å². The third-order valence-corrected chi connectivity index (χ3v) is 4.14. The molecule has 0 saturated heterocycles. The number of rotatable bonds is 15. The summed E-state index contributed by atoms with van der Waals surface area (Å²) in [5, 5.41) is 0. The van der Waals surface area contributed by atoms with Crippen molar-refractivity contribution in [2.24, 2.45) is 5.92 Å². The van der Waals surface area contributed by atoms with E-state index < -0.39 is 0 Å². The zero-order chi connectivity index (χ0) is 15.8. The first-order valence-corrected chi connectivity index (χ1v) is 9.39. The first-order chi connectivity index (χ1) is 10.2. The first-order valence-electron chi connectivity index (χ1n) is 9.39. The van der Waals surface area contributed by atoms with Gasteiger partial charge in [0.1, 0.15) is 0 Å². The average Bonchev–Trinajstić information content (AvgIpc) is 2.49. The fraction of sp³-hybridized carbons (Fsp3) is 0.947. The number of unbranched alkanes of at least 4 members (excludes halogenated alkanes) is 10.